The summed E-state index contributed by atoms with van der Waals surface area (Å²) in [6.07, 6.45) is 0.704. The van der Waals surface area contributed by atoms with E-state index < -0.39 is 0 Å². The van der Waals surface area contributed by atoms with Crippen molar-refractivity contribution in [3.8, 4) is 11.5 Å². The van der Waals surface area contributed by atoms with Crippen molar-refractivity contribution in [2.45, 2.75) is 6.42 Å². The molecule has 1 rings (SSSR count). The van der Waals surface area contributed by atoms with Crippen LogP contribution in [0, 0.1) is 0 Å². The van der Waals surface area contributed by atoms with Gasteiger partial charge in [-0.25, -0.2) is 0 Å². The Labute approximate surface area is 70.1 Å². The highest BCUT2D eigenvalue weighted by Crippen LogP contribution is 2.24. The van der Waals surface area contributed by atoms with Crippen LogP contribution in [-0.4, -0.2) is 16.1 Å². The number of halogens is 1. The maximum absolute atomic E-state index is 9.03. The van der Waals surface area contributed by atoms with Crippen LogP contribution in [-0.2, 0) is 6.42 Å². The largest absolute Gasteiger partial charge is 0.504 e. The first-order valence-electron chi connectivity index (χ1n) is 3.31. The molecule has 0 aromatic heterocycles. The molecule has 2 nitrogen and oxygen atoms in total. The molecule has 0 bridgehead atoms. The van der Waals surface area contributed by atoms with Gasteiger partial charge in [-0.1, -0.05) is 6.07 Å². The zero-order chi connectivity index (χ0) is 8.27. The molecule has 0 unspecified atom stereocenters. The van der Waals surface area contributed by atoms with Crippen molar-refractivity contribution in [2.75, 3.05) is 5.88 Å². The molecule has 0 atom stereocenters. The highest BCUT2D eigenvalue weighted by atomic mass is 35.5. The van der Waals surface area contributed by atoms with Crippen LogP contribution in [0.3, 0.4) is 0 Å². The van der Waals surface area contributed by atoms with Gasteiger partial charge in [0.2, 0.25) is 0 Å². The Morgan fingerprint density at radius 1 is 1.18 bits per heavy atom. The molecule has 0 aliphatic rings. The van der Waals surface area contributed by atoms with Gasteiger partial charge in [0.1, 0.15) is 0 Å². The Balaban J connectivity index is 2.86. The molecule has 60 valence electrons. The Hall–Kier alpha value is -0.890. The number of hydrogen-bond donors (Lipinski definition) is 2. The first kappa shape index (κ1) is 8.21. The lowest BCUT2D eigenvalue weighted by Crippen LogP contribution is -1.84. The van der Waals surface area contributed by atoms with Crippen molar-refractivity contribution in [3.05, 3.63) is 23.8 Å². The van der Waals surface area contributed by atoms with E-state index in [0.717, 1.165) is 5.56 Å². The van der Waals surface area contributed by atoms with Crippen LogP contribution in [0.4, 0.5) is 0 Å². The van der Waals surface area contributed by atoms with Gasteiger partial charge < -0.3 is 10.2 Å². The SMILES string of the molecule is Oc1ccc(CCCl)cc1O. The quantitative estimate of drug-likeness (QED) is 0.528. The number of phenolic OH excluding ortho intramolecular Hbond substituents is 2. The number of aromatic hydroxyl groups is 2. The highest BCUT2D eigenvalue weighted by molar-refractivity contribution is 6.17. The number of benzene rings is 1. The van der Waals surface area contributed by atoms with Gasteiger partial charge >= 0.3 is 0 Å². The van der Waals surface area contributed by atoms with Gasteiger partial charge in [-0.15, -0.1) is 11.6 Å². The third-order valence-electron chi connectivity index (χ3n) is 1.42. The van der Waals surface area contributed by atoms with E-state index in [0.29, 0.717) is 12.3 Å². The van der Waals surface area contributed by atoms with Gasteiger partial charge in [-0.2, -0.15) is 0 Å². The maximum atomic E-state index is 9.03. The number of rotatable bonds is 2. The summed E-state index contributed by atoms with van der Waals surface area (Å²) in [4.78, 5) is 0. The first-order chi connectivity index (χ1) is 5.24. The molecular weight excluding hydrogens is 164 g/mol. The Morgan fingerprint density at radius 3 is 2.45 bits per heavy atom. The van der Waals surface area contributed by atoms with Crippen LogP contribution >= 0.6 is 11.6 Å². The lowest BCUT2D eigenvalue weighted by molar-refractivity contribution is 0.403. The molecule has 0 aliphatic carbocycles. The molecule has 1 aromatic carbocycles. The van der Waals surface area contributed by atoms with Gasteiger partial charge in [0.05, 0.1) is 0 Å². The van der Waals surface area contributed by atoms with Crippen molar-refractivity contribution in [2.24, 2.45) is 0 Å². The average molecular weight is 173 g/mol. The molecule has 0 radical (unpaired) electrons. The van der Waals surface area contributed by atoms with Gasteiger partial charge in [-0.3, -0.25) is 0 Å². The molecule has 0 fully saturated rings. The number of hydrogen-bond acceptors (Lipinski definition) is 2. The second-order valence-electron chi connectivity index (χ2n) is 2.26. The van der Waals surface area contributed by atoms with Crippen LogP contribution in [0.15, 0.2) is 18.2 Å². The number of aryl methyl sites for hydroxylation is 1. The Bertz CT molecular complexity index is 248. The molecule has 0 spiro atoms. The van der Waals surface area contributed by atoms with Crippen LogP contribution in [0.25, 0.3) is 0 Å². The van der Waals surface area contributed by atoms with Crippen molar-refractivity contribution < 1.29 is 10.2 Å². The summed E-state index contributed by atoms with van der Waals surface area (Å²) in [7, 11) is 0. The maximum Gasteiger partial charge on any atom is 0.157 e. The van der Waals surface area contributed by atoms with E-state index in [2.05, 4.69) is 0 Å². The minimum Gasteiger partial charge on any atom is -0.504 e. The second kappa shape index (κ2) is 3.49. The molecule has 0 heterocycles. The van der Waals surface area contributed by atoms with Crippen molar-refractivity contribution in [1.29, 1.82) is 0 Å². The van der Waals surface area contributed by atoms with E-state index in [1.807, 2.05) is 0 Å². The van der Waals surface area contributed by atoms with E-state index in [1.54, 1.807) is 6.07 Å². The van der Waals surface area contributed by atoms with Crippen LogP contribution in [0.1, 0.15) is 5.56 Å². The molecule has 0 saturated heterocycles. The summed E-state index contributed by atoms with van der Waals surface area (Å²) in [5.41, 5.74) is 0.926. The predicted molar refractivity (Wildman–Crippen MR) is 44.2 cm³/mol. The zero-order valence-electron chi connectivity index (χ0n) is 5.92. The average Bonchev–Trinajstić information content (AvgIpc) is 1.98. The normalized spacial score (nSPS) is 9.91. The number of alkyl halides is 1. The van der Waals surface area contributed by atoms with E-state index in [1.165, 1.54) is 12.1 Å². The van der Waals surface area contributed by atoms with Gasteiger partial charge in [0, 0.05) is 5.88 Å². The fourth-order valence-corrected chi connectivity index (χ4v) is 1.05. The van der Waals surface area contributed by atoms with E-state index in [-0.39, 0.29) is 11.5 Å². The van der Waals surface area contributed by atoms with Gasteiger partial charge in [0.25, 0.3) is 0 Å². The zero-order valence-corrected chi connectivity index (χ0v) is 6.67. The molecule has 2 N–H and O–H groups in total. The second-order valence-corrected chi connectivity index (χ2v) is 2.64. The van der Waals surface area contributed by atoms with E-state index in [4.69, 9.17) is 21.8 Å². The summed E-state index contributed by atoms with van der Waals surface area (Å²) >= 11 is 5.48. The third kappa shape index (κ3) is 2.02. The van der Waals surface area contributed by atoms with Crippen LogP contribution in [0.2, 0.25) is 0 Å². The Kier molecular flexibility index (Phi) is 2.60. The molecule has 0 aliphatic heterocycles. The summed E-state index contributed by atoms with van der Waals surface area (Å²) in [5.74, 6) is 0.334. The monoisotopic (exact) mass is 172 g/mol. The minimum absolute atomic E-state index is 0.0902. The lowest BCUT2D eigenvalue weighted by atomic mass is 10.1. The summed E-state index contributed by atoms with van der Waals surface area (Å²) in [6, 6.07) is 4.70. The van der Waals surface area contributed by atoms with Crippen molar-refractivity contribution >= 4 is 11.6 Å². The van der Waals surface area contributed by atoms with Crippen molar-refractivity contribution in [1.82, 2.24) is 0 Å². The first-order valence-corrected chi connectivity index (χ1v) is 3.84. The fourth-order valence-electron chi connectivity index (χ4n) is 0.834. The molecular formula is C8H9ClO2. The molecule has 0 amide bonds. The fraction of sp³-hybridized carbons (Fsp3) is 0.250. The standard InChI is InChI=1S/C8H9ClO2/c9-4-3-6-1-2-7(10)8(11)5-6/h1-2,5,10-11H,3-4H2. The van der Waals surface area contributed by atoms with Crippen LogP contribution in [0.5, 0.6) is 11.5 Å². The van der Waals surface area contributed by atoms with Gasteiger partial charge in [-0.05, 0) is 24.1 Å². The van der Waals surface area contributed by atoms with Crippen LogP contribution < -0.4 is 0 Å². The summed E-state index contributed by atoms with van der Waals surface area (Å²) in [5, 5.41) is 18.0. The smallest absolute Gasteiger partial charge is 0.157 e. The summed E-state index contributed by atoms with van der Waals surface area (Å²) in [6.45, 7) is 0. The molecule has 3 heteroatoms. The Morgan fingerprint density at radius 2 is 1.91 bits per heavy atom. The lowest BCUT2D eigenvalue weighted by Gasteiger charge is -2.00. The molecule has 11 heavy (non-hydrogen) atoms. The topological polar surface area (TPSA) is 40.5 Å². The van der Waals surface area contributed by atoms with E-state index >= 15 is 0 Å². The van der Waals surface area contributed by atoms with Crippen molar-refractivity contribution in [3.63, 3.8) is 0 Å². The number of phenols is 2. The minimum atomic E-state index is -0.0941. The third-order valence-corrected chi connectivity index (χ3v) is 1.61. The molecule has 1 aromatic rings. The summed E-state index contributed by atoms with van der Waals surface area (Å²) < 4.78 is 0. The van der Waals surface area contributed by atoms with Gasteiger partial charge in [0.15, 0.2) is 11.5 Å². The molecule has 0 saturated carbocycles. The van der Waals surface area contributed by atoms with E-state index in [9.17, 15) is 0 Å². The predicted octanol–water partition coefficient (Wildman–Crippen LogP) is 1.88. The highest BCUT2D eigenvalue weighted by Gasteiger charge is 1.98.